The summed E-state index contributed by atoms with van der Waals surface area (Å²) in [6.07, 6.45) is 2.32. The van der Waals surface area contributed by atoms with Crippen molar-refractivity contribution in [3.8, 4) is 5.69 Å². The number of rotatable bonds is 9. The standard InChI is InChI=1S/C23H26FN5O2S/c1-13-4-7-17(11-19(13)24)29-14(2)10-18(15(29)3)20(30)12-32-23-27-26-22(16-5-6-16)28(23)9-8-21(25)31/h4,7,10-11,16H,5-6,8-9,12H2,1-3H3,(H2,25,31). The zero-order valence-corrected chi connectivity index (χ0v) is 19.2. The molecule has 4 rings (SSSR count). The molecule has 9 heteroatoms. The summed E-state index contributed by atoms with van der Waals surface area (Å²) >= 11 is 1.31. The highest BCUT2D eigenvalue weighted by molar-refractivity contribution is 7.99. The van der Waals surface area contributed by atoms with Crippen LogP contribution in [0.3, 0.4) is 0 Å². The number of nitrogens with two attached hydrogens (primary N) is 1. The normalized spacial score (nSPS) is 13.5. The van der Waals surface area contributed by atoms with Gasteiger partial charge in [-0.1, -0.05) is 17.8 Å². The van der Waals surface area contributed by atoms with Gasteiger partial charge in [0.1, 0.15) is 11.6 Å². The Morgan fingerprint density at radius 1 is 1.19 bits per heavy atom. The molecule has 1 aliphatic carbocycles. The second-order valence-electron chi connectivity index (χ2n) is 8.25. The molecular formula is C23H26FN5O2S. The summed E-state index contributed by atoms with van der Waals surface area (Å²) in [5.41, 5.74) is 8.81. The van der Waals surface area contributed by atoms with Crippen molar-refractivity contribution in [1.82, 2.24) is 19.3 Å². The van der Waals surface area contributed by atoms with Crippen molar-refractivity contribution >= 4 is 23.5 Å². The zero-order chi connectivity index (χ0) is 23.0. The summed E-state index contributed by atoms with van der Waals surface area (Å²) in [6.45, 7) is 5.90. The largest absolute Gasteiger partial charge is 0.370 e. The van der Waals surface area contributed by atoms with Crippen LogP contribution in [-0.2, 0) is 11.3 Å². The fraction of sp³-hybridized carbons (Fsp3) is 0.391. The van der Waals surface area contributed by atoms with Gasteiger partial charge in [-0.25, -0.2) is 4.39 Å². The van der Waals surface area contributed by atoms with Crippen LogP contribution in [-0.4, -0.2) is 36.8 Å². The van der Waals surface area contributed by atoms with E-state index in [2.05, 4.69) is 10.2 Å². The number of thioether (sulfide) groups is 1. The van der Waals surface area contributed by atoms with Crippen molar-refractivity contribution in [1.29, 1.82) is 0 Å². The van der Waals surface area contributed by atoms with Crippen LogP contribution in [0.25, 0.3) is 5.69 Å². The van der Waals surface area contributed by atoms with Crippen LogP contribution in [0.15, 0.2) is 29.4 Å². The van der Waals surface area contributed by atoms with Gasteiger partial charge in [-0.2, -0.15) is 0 Å². The molecule has 1 saturated carbocycles. The topological polar surface area (TPSA) is 95.8 Å². The Bertz CT molecular complexity index is 1200. The highest BCUT2D eigenvalue weighted by atomic mass is 32.2. The minimum Gasteiger partial charge on any atom is -0.370 e. The first-order valence-corrected chi connectivity index (χ1v) is 11.6. The first-order chi connectivity index (χ1) is 15.3. The number of hydrogen-bond donors (Lipinski definition) is 1. The van der Waals surface area contributed by atoms with Gasteiger partial charge < -0.3 is 14.9 Å². The predicted octanol–water partition coefficient (Wildman–Crippen LogP) is 3.86. The van der Waals surface area contributed by atoms with E-state index in [0.717, 1.165) is 30.1 Å². The van der Waals surface area contributed by atoms with Gasteiger partial charge in [-0.05, 0) is 57.4 Å². The van der Waals surface area contributed by atoms with Crippen molar-refractivity contribution in [3.05, 3.63) is 58.4 Å². The van der Waals surface area contributed by atoms with Crippen LogP contribution in [0.4, 0.5) is 4.39 Å². The van der Waals surface area contributed by atoms with E-state index in [4.69, 9.17) is 5.73 Å². The first-order valence-electron chi connectivity index (χ1n) is 10.6. The van der Waals surface area contributed by atoms with Crippen LogP contribution >= 0.6 is 11.8 Å². The molecule has 0 spiro atoms. The van der Waals surface area contributed by atoms with Gasteiger partial charge in [0, 0.05) is 41.5 Å². The molecule has 2 aromatic heterocycles. The summed E-state index contributed by atoms with van der Waals surface area (Å²) in [7, 11) is 0. The minimum absolute atomic E-state index is 0.0423. The lowest BCUT2D eigenvalue weighted by Crippen LogP contribution is -2.16. The van der Waals surface area contributed by atoms with E-state index in [1.54, 1.807) is 13.0 Å². The molecule has 1 amide bonds. The van der Waals surface area contributed by atoms with E-state index in [0.29, 0.717) is 34.4 Å². The molecule has 0 bridgehead atoms. The van der Waals surface area contributed by atoms with Gasteiger partial charge in [0.15, 0.2) is 10.9 Å². The lowest BCUT2D eigenvalue weighted by molar-refractivity contribution is -0.118. The van der Waals surface area contributed by atoms with Crippen LogP contribution in [0, 0.1) is 26.6 Å². The highest BCUT2D eigenvalue weighted by Gasteiger charge is 2.30. The monoisotopic (exact) mass is 455 g/mol. The number of ketones is 1. The van der Waals surface area contributed by atoms with Gasteiger partial charge in [-0.15, -0.1) is 10.2 Å². The number of aryl methyl sites for hydroxylation is 2. The zero-order valence-electron chi connectivity index (χ0n) is 18.4. The number of aromatic nitrogens is 4. The van der Waals surface area contributed by atoms with Crippen LogP contribution in [0.5, 0.6) is 0 Å². The number of carbonyl (C=O) groups is 2. The number of halogens is 1. The van der Waals surface area contributed by atoms with E-state index in [9.17, 15) is 14.0 Å². The van der Waals surface area contributed by atoms with E-state index in [-0.39, 0.29) is 29.7 Å². The third-order valence-electron chi connectivity index (χ3n) is 5.75. The summed E-state index contributed by atoms with van der Waals surface area (Å²) < 4.78 is 17.9. The second-order valence-corrected chi connectivity index (χ2v) is 9.19. The van der Waals surface area contributed by atoms with Crippen LogP contribution in [0.2, 0.25) is 0 Å². The molecule has 0 unspecified atom stereocenters. The second kappa shape index (κ2) is 8.90. The molecule has 32 heavy (non-hydrogen) atoms. The average Bonchev–Trinajstić information content (AvgIpc) is 3.44. The van der Waals surface area contributed by atoms with Crippen molar-refractivity contribution in [3.63, 3.8) is 0 Å². The van der Waals surface area contributed by atoms with Crippen LogP contribution in [0.1, 0.15) is 58.3 Å². The number of hydrogen-bond acceptors (Lipinski definition) is 5. The van der Waals surface area contributed by atoms with E-state index < -0.39 is 0 Å². The minimum atomic E-state index is -0.382. The van der Waals surface area contributed by atoms with Crippen molar-refractivity contribution in [2.75, 3.05) is 5.75 Å². The number of carbonyl (C=O) groups excluding carboxylic acids is 2. The van der Waals surface area contributed by atoms with Gasteiger partial charge in [0.2, 0.25) is 5.91 Å². The quantitative estimate of drug-likeness (QED) is 0.390. The van der Waals surface area contributed by atoms with Crippen molar-refractivity contribution in [2.45, 2.75) is 57.7 Å². The molecule has 0 saturated heterocycles. The van der Waals surface area contributed by atoms with Crippen molar-refractivity contribution < 1.29 is 14.0 Å². The lowest BCUT2D eigenvalue weighted by atomic mass is 10.2. The summed E-state index contributed by atoms with van der Waals surface area (Å²) in [5, 5.41) is 9.16. The van der Waals surface area contributed by atoms with E-state index in [1.165, 1.54) is 17.8 Å². The molecule has 1 fully saturated rings. The molecular weight excluding hydrogens is 429 g/mol. The first kappa shape index (κ1) is 22.3. The maximum Gasteiger partial charge on any atom is 0.219 e. The Morgan fingerprint density at radius 2 is 1.94 bits per heavy atom. The van der Waals surface area contributed by atoms with Crippen LogP contribution < -0.4 is 5.73 Å². The maximum absolute atomic E-state index is 14.1. The van der Waals surface area contributed by atoms with Gasteiger partial charge in [-0.3, -0.25) is 9.59 Å². The SMILES string of the molecule is Cc1ccc(-n2c(C)cc(C(=O)CSc3nnc(C4CC4)n3CCC(N)=O)c2C)cc1F. The highest BCUT2D eigenvalue weighted by Crippen LogP contribution is 2.40. The summed E-state index contributed by atoms with van der Waals surface area (Å²) in [5.74, 6) is 0.716. The maximum atomic E-state index is 14.1. The number of amides is 1. The Labute approximate surface area is 190 Å². The molecule has 0 aliphatic heterocycles. The number of primary amides is 1. The molecule has 168 valence electrons. The molecule has 0 radical (unpaired) electrons. The Kier molecular flexibility index (Phi) is 6.19. The molecule has 1 aromatic carbocycles. The number of benzene rings is 1. The third-order valence-corrected chi connectivity index (χ3v) is 6.71. The Morgan fingerprint density at radius 3 is 2.59 bits per heavy atom. The summed E-state index contributed by atoms with van der Waals surface area (Å²) in [6, 6.07) is 6.90. The molecule has 1 aliphatic rings. The smallest absolute Gasteiger partial charge is 0.219 e. The van der Waals surface area contributed by atoms with E-state index >= 15 is 0 Å². The molecule has 2 N–H and O–H groups in total. The summed E-state index contributed by atoms with van der Waals surface area (Å²) in [4.78, 5) is 24.3. The average molecular weight is 456 g/mol. The Hall–Kier alpha value is -2.94. The van der Waals surface area contributed by atoms with E-state index in [1.807, 2.05) is 35.1 Å². The molecule has 3 aromatic rings. The fourth-order valence-corrected chi connectivity index (χ4v) is 4.71. The van der Waals surface area contributed by atoms with Gasteiger partial charge in [0.05, 0.1) is 5.75 Å². The predicted molar refractivity (Wildman–Crippen MR) is 121 cm³/mol. The Balaban J connectivity index is 1.53. The van der Waals surface area contributed by atoms with Gasteiger partial charge in [0.25, 0.3) is 0 Å². The lowest BCUT2D eigenvalue weighted by Gasteiger charge is -2.11. The fourth-order valence-electron chi connectivity index (χ4n) is 3.85. The molecule has 2 heterocycles. The third kappa shape index (κ3) is 4.48. The molecule has 7 nitrogen and oxygen atoms in total. The number of Topliss-reactive ketones (excluding diaryl/α,β-unsaturated/α-hetero) is 1. The number of nitrogens with zero attached hydrogens (tertiary/aromatic N) is 4. The molecule has 0 atom stereocenters. The van der Waals surface area contributed by atoms with Crippen molar-refractivity contribution in [2.24, 2.45) is 5.73 Å². The van der Waals surface area contributed by atoms with Gasteiger partial charge >= 0.3 is 0 Å².